The highest BCUT2D eigenvalue weighted by Crippen LogP contribution is 2.33. The summed E-state index contributed by atoms with van der Waals surface area (Å²) in [6.07, 6.45) is 3.06. The fraction of sp³-hybridized carbons (Fsp3) is 0. The molecule has 34 heavy (non-hydrogen) atoms. The number of halogens is 2. The highest BCUT2D eigenvalue weighted by atomic mass is 35.5. The Hall–Kier alpha value is -4.02. The van der Waals surface area contributed by atoms with Gasteiger partial charge in [0.05, 0.1) is 16.3 Å². The molecule has 0 aliphatic heterocycles. The molecule has 3 heterocycles. The number of pyridine rings is 2. The van der Waals surface area contributed by atoms with Crippen molar-refractivity contribution in [3.05, 3.63) is 84.0 Å². The molecule has 4 N–H and O–H groups in total. The van der Waals surface area contributed by atoms with Gasteiger partial charge in [0.1, 0.15) is 5.82 Å². The lowest BCUT2D eigenvalue weighted by molar-refractivity contribution is 0.601. The van der Waals surface area contributed by atoms with Crippen LogP contribution in [-0.4, -0.2) is 28.6 Å². The summed E-state index contributed by atoms with van der Waals surface area (Å²) < 4.78 is 42.5. The van der Waals surface area contributed by atoms with E-state index in [2.05, 4.69) is 24.9 Å². The molecule has 0 unspecified atom stereocenters. The molecule has 5 rings (SSSR count). The Balaban J connectivity index is 1.55. The minimum Gasteiger partial charge on any atom is -0.399 e. The minimum absolute atomic E-state index is 0.00904. The molecule has 2 aromatic carbocycles. The monoisotopic (exact) mass is 494 g/mol. The summed E-state index contributed by atoms with van der Waals surface area (Å²) in [6, 6.07) is 15.6. The zero-order valence-corrected chi connectivity index (χ0v) is 18.9. The van der Waals surface area contributed by atoms with Crippen LogP contribution in [-0.2, 0) is 10.0 Å². The van der Waals surface area contributed by atoms with E-state index in [9.17, 15) is 12.8 Å². The second-order valence-electron chi connectivity index (χ2n) is 7.41. The van der Waals surface area contributed by atoms with Gasteiger partial charge in [-0.1, -0.05) is 29.8 Å². The number of nitrogens with one attached hydrogen (secondary N) is 2. The summed E-state index contributed by atoms with van der Waals surface area (Å²) >= 11 is 6.17. The molecule has 0 spiro atoms. The third-order valence-electron chi connectivity index (χ3n) is 5.14. The number of nitrogen functional groups attached to an aromatic ring is 1. The fourth-order valence-electron chi connectivity index (χ4n) is 3.48. The van der Waals surface area contributed by atoms with Gasteiger partial charge >= 0.3 is 0 Å². The van der Waals surface area contributed by atoms with Crippen LogP contribution in [0.25, 0.3) is 33.4 Å². The lowest BCUT2D eigenvalue weighted by atomic mass is 10.0. The molecular formula is C23H16ClFN6O2S. The standard InChI is InChI=1S/C23H16ClFN6O2S/c24-22-20(31-34(32,33)16-4-2-1-3-5-16)9-14(11-27-22)13-8-18-21(29-30-23(18)28-12-13)17-7-6-15(26)10-19(17)25/h1-12,31H,26H2,(H,28,29,30). The second-order valence-corrected chi connectivity index (χ2v) is 9.45. The molecule has 0 fully saturated rings. The van der Waals surface area contributed by atoms with Crippen molar-refractivity contribution in [2.75, 3.05) is 10.5 Å². The quantitative estimate of drug-likeness (QED) is 0.236. The van der Waals surface area contributed by atoms with Crippen molar-refractivity contribution in [1.29, 1.82) is 0 Å². The maximum Gasteiger partial charge on any atom is 0.261 e. The van der Waals surface area contributed by atoms with Gasteiger partial charge in [-0.15, -0.1) is 0 Å². The van der Waals surface area contributed by atoms with Crippen molar-refractivity contribution < 1.29 is 12.8 Å². The number of hydrogen-bond donors (Lipinski definition) is 3. The zero-order chi connectivity index (χ0) is 23.9. The number of aromatic nitrogens is 4. The predicted molar refractivity (Wildman–Crippen MR) is 129 cm³/mol. The molecule has 8 nitrogen and oxygen atoms in total. The van der Waals surface area contributed by atoms with Crippen molar-refractivity contribution in [1.82, 2.24) is 20.2 Å². The predicted octanol–water partition coefficient (Wildman–Crippen LogP) is 4.86. The number of nitrogens with zero attached hydrogens (tertiary/aromatic N) is 3. The number of anilines is 2. The Labute approximate surface area is 198 Å². The van der Waals surface area contributed by atoms with Gasteiger partial charge in [0.25, 0.3) is 10.0 Å². The molecule has 3 aromatic heterocycles. The van der Waals surface area contributed by atoms with Crippen LogP contribution in [0.4, 0.5) is 15.8 Å². The maximum absolute atomic E-state index is 14.5. The van der Waals surface area contributed by atoms with E-state index in [-0.39, 0.29) is 15.7 Å². The van der Waals surface area contributed by atoms with E-state index >= 15 is 0 Å². The first-order valence-electron chi connectivity index (χ1n) is 9.95. The molecule has 0 saturated carbocycles. The number of hydrogen-bond acceptors (Lipinski definition) is 6. The van der Waals surface area contributed by atoms with Crippen LogP contribution in [0, 0.1) is 5.82 Å². The molecular weight excluding hydrogens is 479 g/mol. The normalized spacial score (nSPS) is 11.6. The van der Waals surface area contributed by atoms with E-state index in [0.717, 1.165) is 0 Å². The number of benzene rings is 2. The van der Waals surface area contributed by atoms with E-state index < -0.39 is 15.8 Å². The Morgan fingerprint density at radius 3 is 2.47 bits per heavy atom. The van der Waals surface area contributed by atoms with Gasteiger partial charge in [-0.05, 0) is 42.5 Å². The van der Waals surface area contributed by atoms with Gasteiger partial charge in [-0.2, -0.15) is 5.10 Å². The minimum atomic E-state index is -3.87. The fourth-order valence-corrected chi connectivity index (χ4v) is 4.76. The highest BCUT2D eigenvalue weighted by molar-refractivity contribution is 7.92. The number of H-pyrrole nitrogens is 1. The van der Waals surface area contributed by atoms with Crippen LogP contribution in [0.5, 0.6) is 0 Å². The van der Waals surface area contributed by atoms with Crippen LogP contribution in [0.2, 0.25) is 5.15 Å². The Kier molecular flexibility index (Phi) is 5.39. The van der Waals surface area contributed by atoms with E-state index in [1.165, 1.54) is 24.4 Å². The van der Waals surface area contributed by atoms with E-state index in [0.29, 0.717) is 39.1 Å². The lowest BCUT2D eigenvalue weighted by Crippen LogP contribution is -2.13. The van der Waals surface area contributed by atoms with Crippen molar-refractivity contribution in [3.63, 3.8) is 0 Å². The van der Waals surface area contributed by atoms with Crippen LogP contribution in [0.15, 0.2) is 78.0 Å². The van der Waals surface area contributed by atoms with Crippen LogP contribution < -0.4 is 10.5 Å². The molecule has 0 aliphatic rings. The Morgan fingerprint density at radius 2 is 1.71 bits per heavy atom. The first kappa shape index (κ1) is 21.8. The van der Waals surface area contributed by atoms with E-state index in [4.69, 9.17) is 17.3 Å². The van der Waals surface area contributed by atoms with E-state index in [1.807, 2.05) is 0 Å². The average molecular weight is 495 g/mol. The van der Waals surface area contributed by atoms with E-state index in [1.54, 1.807) is 48.7 Å². The number of fused-ring (bicyclic) bond motifs is 1. The molecule has 11 heteroatoms. The number of nitrogens with two attached hydrogens (primary N) is 1. The summed E-state index contributed by atoms with van der Waals surface area (Å²) in [5.41, 5.74) is 8.35. The summed E-state index contributed by atoms with van der Waals surface area (Å²) in [4.78, 5) is 8.55. The van der Waals surface area contributed by atoms with Gasteiger partial charge in [0, 0.05) is 40.2 Å². The highest BCUT2D eigenvalue weighted by Gasteiger charge is 2.18. The zero-order valence-electron chi connectivity index (χ0n) is 17.3. The third kappa shape index (κ3) is 4.04. The number of aromatic amines is 1. The SMILES string of the molecule is Nc1ccc(-c2[nH]nc3ncc(-c4cnc(Cl)c(NS(=O)(=O)c5ccccc5)c4)cc23)c(F)c1. The van der Waals surface area contributed by atoms with Gasteiger partial charge < -0.3 is 5.73 Å². The van der Waals surface area contributed by atoms with Crippen LogP contribution in [0.1, 0.15) is 0 Å². The van der Waals surface area contributed by atoms with Gasteiger partial charge in [0.2, 0.25) is 0 Å². The number of sulfonamides is 1. The Bertz CT molecular complexity index is 1640. The molecule has 0 bridgehead atoms. The molecule has 0 radical (unpaired) electrons. The first-order chi connectivity index (χ1) is 16.3. The van der Waals surface area contributed by atoms with Crippen molar-refractivity contribution in [2.45, 2.75) is 4.90 Å². The summed E-state index contributed by atoms with van der Waals surface area (Å²) in [7, 11) is -3.87. The molecule has 0 amide bonds. The van der Waals surface area contributed by atoms with Crippen molar-refractivity contribution in [3.8, 4) is 22.4 Å². The molecule has 170 valence electrons. The average Bonchev–Trinajstić information content (AvgIpc) is 3.24. The first-order valence-corrected chi connectivity index (χ1v) is 11.8. The number of rotatable bonds is 5. The van der Waals surface area contributed by atoms with Crippen LogP contribution >= 0.6 is 11.6 Å². The smallest absolute Gasteiger partial charge is 0.261 e. The molecule has 5 aromatic rings. The van der Waals surface area contributed by atoms with Gasteiger partial charge in [0.15, 0.2) is 10.8 Å². The molecule has 0 aliphatic carbocycles. The summed E-state index contributed by atoms with van der Waals surface area (Å²) in [6.45, 7) is 0. The summed E-state index contributed by atoms with van der Waals surface area (Å²) in [5, 5.41) is 7.52. The van der Waals surface area contributed by atoms with Gasteiger partial charge in [-0.25, -0.2) is 22.8 Å². The third-order valence-corrected chi connectivity index (χ3v) is 6.82. The summed E-state index contributed by atoms with van der Waals surface area (Å²) in [5.74, 6) is -0.498. The largest absolute Gasteiger partial charge is 0.399 e. The maximum atomic E-state index is 14.5. The van der Waals surface area contributed by atoms with Crippen molar-refractivity contribution in [2.24, 2.45) is 0 Å². The molecule has 0 saturated heterocycles. The lowest BCUT2D eigenvalue weighted by Gasteiger charge is -2.11. The van der Waals surface area contributed by atoms with Crippen molar-refractivity contribution >= 4 is 44.0 Å². The Morgan fingerprint density at radius 1 is 0.971 bits per heavy atom. The van der Waals surface area contributed by atoms with Gasteiger partial charge in [-0.3, -0.25) is 9.82 Å². The molecule has 0 atom stereocenters. The second kappa shape index (κ2) is 8.40. The topological polar surface area (TPSA) is 127 Å². The van der Waals surface area contributed by atoms with Crippen LogP contribution in [0.3, 0.4) is 0 Å².